The Morgan fingerprint density at radius 3 is 2.83 bits per heavy atom. The molecule has 1 amide bonds. The number of carbonyl (C=O) groups excluding carboxylic acids is 1. The molecule has 3 rings (SSSR count). The van der Waals surface area contributed by atoms with E-state index in [0.29, 0.717) is 11.4 Å². The minimum Gasteiger partial charge on any atom is -0.497 e. The third-order valence-corrected chi connectivity index (χ3v) is 5.33. The SMILES string of the molecule is COc1cccc(N2C(=O)CS[C@H]2[C@H]2O[C@H](CO)[C@@H](O)[C@@H]2O)c1. The number of aliphatic hydroxyl groups is 3. The fraction of sp³-hybridized carbons (Fsp3) is 0.533. The number of nitrogens with zero attached hydrogens (tertiary/aromatic N) is 1. The number of carbonyl (C=O) groups is 1. The summed E-state index contributed by atoms with van der Waals surface area (Å²) < 4.78 is 10.8. The number of hydrogen-bond acceptors (Lipinski definition) is 7. The van der Waals surface area contributed by atoms with Gasteiger partial charge < -0.3 is 24.8 Å². The molecule has 7 nitrogen and oxygen atoms in total. The number of anilines is 1. The number of methoxy groups -OCH3 is 1. The molecule has 2 heterocycles. The van der Waals surface area contributed by atoms with Crippen LogP contribution in [0.1, 0.15) is 0 Å². The van der Waals surface area contributed by atoms with Crippen LogP contribution in [0.25, 0.3) is 0 Å². The zero-order chi connectivity index (χ0) is 16.6. The summed E-state index contributed by atoms with van der Waals surface area (Å²) in [6, 6.07) is 7.07. The van der Waals surface area contributed by atoms with E-state index < -0.39 is 29.8 Å². The fourth-order valence-electron chi connectivity index (χ4n) is 2.90. The number of amides is 1. The first-order chi connectivity index (χ1) is 11.1. The lowest BCUT2D eigenvalue weighted by Gasteiger charge is -2.30. The lowest BCUT2D eigenvalue weighted by molar-refractivity contribution is -0.116. The minimum atomic E-state index is -1.17. The van der Waals surface area contributed by atoms with E-state index >= 15 is 0 Å². The Hall–Kier alpha value is -1.32. The van der Waals surface area contributed by atoms with Crippen molar-refractivity contribution in [1.82, 2.24) is 0 Å². The quantitative estimate of drug-likeness (QED) is 0.684. The summed E-state index contributed by atoms with van der Waals surface area (Å²) in [4.78, 5) is 13.8. The maximum absolute atomic E-state index is 12.3. The molecular weight excluding hydrogens is 322 g/mol. The highest BCUT2D eigenvalue weighted by molar-refractivity contribution is 8.01. The van der Waals surface area contributed by atoms with Gasteiger partial charge in [-0.15, -0.1) is 11.8 Å². The van der Waals surface area contributed by atoms with Crippen molar-refractivity contribution in [3.8, 4) is 5.75 Å². The van der Waals surface area contributed by atoms with Crippen molar-refractivity contribution in [1.29, 1.82) is 0 Å². The first-order valence-corrected chi connectivity index (χ1v) is 8.32. The van der Waals surface area contributed by atoms with Crippen LogP contribution in [-0.4, -0.2) is 70.5 Å². The molecule has 1 aromatic carbocycles. The van der Waals surface area contributed by atoms with E-state index in [0.717, 1.165) is 0 Å². The molecule has 1 aromatic rings. The standard InChI is InChI=1S/C15H19NO6S/c1-21-9-4-2-3-8(5-9)16-11(18)7-23-15(16)14-13(20)12(19)10(6-17)22-14/h2-5,10,12-15,17,19-20H,6-7H2,1H3/t10-,12-,13+,14+,15+/m1/s1. The largest absolute Gasteiger partial charge is 0.497 e. The molecule has 8 heteroatoms. The summed E-state index contributed by atoms with van der Waals surface area (Å²) in [7, 11) is 1.54. The Labute approximate surface area is 137 Å². The molecule has 126 valence electrons. The van der Waals surface area contributed by atoms with Gasteiger partial charge in [0, 0.05) is 11.8 Å². The highest BCUT2D eigenvalue weighted by Crippen LogP contribution is 2.39. The van der Waals surface area contributed by atoms with Crippen LogP contribution in [0.2, 0.25) is 0 Å². The average Bonchev–Trinajstić information content (AvgIpc) is 3.08. The van der Waals surface area contributed by atoms with Crippen LogP contribution in [0, 0.1) is 0 Å². The highest BCUT2D eigenvalue weighted by Gasteiger charge is 2.50. The number of hydrogen-bond donors (Lipinski definition) is 3. The fourth-order valence-corrected chi connectivity index (χ4v) is 4.16. The number of benzene rings is 1. The summed E-state index contributed by atoms with van der Waals surface area (Å²) >= 11 is 1.34. The second-order valence-corrected chi connectivity index (χ2v) is 6.57. The van der Waals surface area contributed by atoms with Gasteiger partial charge in [0.2, 0.25) is 5.91 Å². The summed E-state index contributed by atoms with van der Waals surface area (Å²) in [6.07, 6.45) is -3.96. The van der Waals surface area contributed by atoms with Crippen LogP contribution in [0.3, 0.4) is 0 Å². The van der Waals surface area contributed by atoms with E-state index in [4.69, 9.17) is 9.47 Å². The maximum Gasteiger partial charge on any atom is 0.238 e. The van der Waals surface area contributed by atoms with Gasteiger partial charge in [-0.05, 0) is 12.1 Å². The van der Waals surface area contributed by atoms with E-state index in [9.17, 15) is 20.1 Å². The summed E-state index contributed by atoms with van der Waals surface area (Å²) in [5.41, 5.74) is 0.641. The number of rotatable bonds is 4. The lowest BCUT2D eigenvalue weighted by atomic mass is 10.1. The Morgan fingerprint density at radius 2 is 2.17 bits per heavy atom. The molecule has 0 aliphatic carbocycles. The molecule has 0 spiro atoms. The van der Waals surface area contributed by atoms with Gasteiger partial charge in [-0.2, -0.15) is 0 Å². The summed E-state index contributed by atoms with van der Waals surface area (Å²) in [5, 5.41) is 28.9. The molecule has 5 atom stereocenters. The third-order valence-electron chi connectivity index (χ3n) is 4.09. The predicted octanol–water partition coefficient (Wildman–Crippen LogP) is -0.417. The maximum atomic E-state index is 12.3. The number of thioether (sulfide) groups is 1. The van der Waals surface area contributed by atoms with Gasteiger partial charge in [0.25, 0.3) is 0 Å². The third kappa shape index (κ3) is 2.92. The first kappa shape index (κ1) is 16.5. The van der Waals surface area contributed by atoms with E-state index in [-0.39, 0.29) is 18.3 Å². The van der Waals surface area contributed by atoms with Crippen molar-refractivity contribution < 1.29 is 29.6 Å². The smallest absolute Gasteiger partial charge is 0.238 e. The molecule has 2 saturated heterocycles. The van der Waals surface area contributed by atoms with E-state index in [1.807, 2.05) is 0 Å². The molecule has 2 fully saturated rings. The molecule has 0 aromatic heterocycles. The van der Waals surface area contributed by atoms with Gasteiger partial charge in [-0.25, -0.2) is 0 Å². The zero-order valence-corrected chi connectivity index (χ0v) is 13.3. The monoisotopic (exact) mass is 341 g/mol. The van der Waals surface area contributed by atoms with Crippen molar-refractivity contribution in [3.05, 3.63) is 24.3 Å². The normalized spacial score (nSPS) is 34.2. The average molecular weight is 341 g/mol. The van der Waals surface area contributed by atoms with Crippen molar-refractivity contribution in [2.24, 2.45) is 0 Å². The van der Waals surface area contributed by atoms with Crippen LogP contribution in [0.5, 0.6) is 5.75 Å². The summed E-state index contributed by atoms with van der Waals surface area (Å²) in [5.74, 6) is 0.770. The Morgan fingerprint density at radius 1 is 1.39 bits per heavy atom. The van der Waals surface area contributed by atoms with E-state index in [1.54, 1.807) is 36.3 Å². The predicted molar refractivity (Wildman–Crippen MR) is 84.5 cm³/mol. The van der Waals surface area contributed by atoms with Crippen LogP contribution in [0.4, 0.5) is 5.69 Å². The molecular formula is C15H19NO6S. The van der Waals surface area contributed by atoms with Crippen molar-refractivity contribution >= 4 is 23.4 Å². The zero-order valence-electron chi connectivity index (χ0n) is 12.5. The molecule has 0 unspecified atom stereocenters. The van der Waals surface area contributed by atoms with Gasteiger partial charge in [-0.1, -0.05) is 6.07 Å². The van der Waals surface area contributed by atoms with Gasteiger partial charge in [-0.3, -0.25) is 9.69 Å². The highest BCUT2D eigenvalue weighted by atomic mass is 32.2. The Bertz CT molecular complexity index is 585. The molecule has 0 radical (unpaired) electrons. The van der Waals surface area contributed by atoms with Crippen molar-refractivity contribution in [3.63, 3.8) is 0 Å². The topological polar surface area (TPSA) is 99.5 Å². The van der Waals surface area contributed by atoms with Crippen molar-refractivity contribution in [2.75, 3.05) is 24.4 Å². The molecule has 2 aliphatic rings. The minimum absolute atomic E-state index is 0.106. The Balaban J connectivity index is 1.88. The van der Waals surface area contributed by atoms with Crippen molar-refractivity contribution in [2.45, 2.75) is 29.8 Å². The van der Waals surface area contributed by atoms with Crippen LogP contribution >= 0.6 is 11.8 Å². The molecule has 0 bridgehead atoms. The summed E-state index contributed by atoms with van der Waals surface area (Å²) in [6.45, 7) is -0.390. The van der Waals surface area contributed by atoms with Crippen LogP contribution < -0.4 is 9.64 Å². The van der Waals surface area contributed by atoms with Gasteiger partial charge in [0.1, 0.15) is 35.5 Å². The molecule has 23 heavy (non-hydrogen) atoms. The second kappa shape index (κ2) is 6.66. The molecule has 3 N–H and O–H groups in total. The van der Waals surface area contributed by atoms with E-state index in [2.05, 4.69) is 0 Å². The first-order valence-electron chi connectivity index (χ1n) is 7.27. The lowest BCUT2D eigenvalue weighted by Crippen LogP contribution is -2.46. The number of aliphatic hydroxyl groups excluding tert-OH is 3. The molecule has 0 saturated carbocycles. The number of ether oxygens (including phenoxy) is 2. The van der Waals surface area contributed by atoms with Crippen LogP contribution in [0.15, 0.2) is 24.3 Å². The second-order valence-electron chi connectivity index (χ2n) is 5.47. The van der Waals surface area contributed by atoms with Gasteiger partial charge in [0.05, 0.1) is 19.5 Å². The van der Waals surface area contributed by atoms with E-state index in [1.165, 1.54) is 11.8 Å². The molecule has 2 aliphatic heterocycles. The Kier molecular flexibility index (Phi) is 4.79. The van der Waals surface area contributed by atoms with Gasteiger partial charge >= 0.3 is 0 Å². The van der Waals surface area contributed by atoms with Crippen LogP contribution in [-0.2, 0) is 9.53 Å². The van der Waals surface area contributed by atoms with Gasteiger partial charge in [0.15, 0.2) is 0 Å².